The SMILES string of the molecule is COc1cc(C2(C(OC)C(=O)O)CC2)on1. The molecule has 1 aromatic rings. The highest BCUT2D eigenvalue weighted by molar-refractivity contribution is 5.75. The van der Waals surface area contributed by atoms with Crippen molar-refractivity contribution in [3.05, 3.63) is 11.8 Å². The van der Waals surface area contributed by atoms with Crippen molar-refractivity contribution in [2.45, 2.75) is 24.4 Å². The molecule has 0 aliphatic heterocycles. The molecule has 0 aromatic carbocycles. The highest BCUT2D eigenvalue weighted by atomic mass is 16.5. The molecule has 88 valence electrons. The predicted octanol–water partition coefficient (Wildman–Crippen LogP) is 0.814. The molecule has 1 aliphatic carbocycles. The highest BCUT2D eigenvalue weighted by Crippen LogP contribution is 2.52. The summed E-state index contributed by atoms with van der Waals surface area (Å²) in [5.74, 6) is -0.129. The molecule has 0 saturated heterocycles. The van der Waals surface area contributed by atoms with Gasteiger partial charge in [0.05, 0.1) is 12.5 Å². The average molecular weight is 227 g/mol. The number of rotatable bonds is 5. The minimum absolute atomic E-state index is 0.349. The van der Waals surface area contributed by atoms with Crippen LogP contribution < -0.4 is 4.74 Å². The van der Waals surface area contributed by atoms with E-state index in [-0.39, 0.29) is 0 Å². The van der Waals surface area contributed by atoms with E-state index >= 15 is 0 Å². The van der Waals surface area contributed by atoms with Crippen LogP contribution in [0.4, 0.5) is 0 Å². The first-order chi connectivity index (χ1) is 7.64. The van der Waals surface area contributed by atoms with Crippen molar-refractivity contribution < 1.29 is 23.9 Å². The summed E-state index contributed by atoms with van der Waals surface area (Å²) in [6.07, 6.45) is 0.539. The Kier molecular flexibility index (Phi) is 2.59. The van der Waals surface area contributed by atoms with Crippen LogP contribution in [-0.4, -0.2) is 36.6 Å². The molecule has 1 atom stereocenters. The van der Waals surface area contributed by atoms with E-state index in [1.165, 1.54) is 14.2 Å². The van der Waals surface area contributed by atoms with Crippen molar-refractivity contribution in [2.24, 2.45) is 0 Å². The van der Waals surface area contributed by atoms with Gasteiger partial charge in [-0.3, -0.25) is 0 Å². The zero-order chi connectivity index (χ0) is 11.8. The Hall–Kier alpha value is -1.56. The maximum atomic E-state index is 11.0. The number of methoxy groups -OCH3 is 2. The van der Waals surface area contributed by atoms with Crippen molar-refractivity contribution in [1.29, 1.82) is 0 Å². The van der Waals surface area contributed by atoms with E-state index in [1.54, 1.807) is 6.07 Å². The van der Waals surface area contributed by atoms with E-state index in [2.05, 4.69) is 5.16 Å². The summed E-state index contributed by atoms with van der Waals surface area (Å²) in [7, 11) is 2.86. The van der Waals surface area contributed by atoms with Crippen molar-refractivity contribution >= 4 is 5.97 Å². The molecule has 16 heavy (non-hydrogen) atoms. The molecule has 1 aromatic heterocycles. The van der Waals surface area contributed by atoms with E-state index in [4.69, 9.17) is 19.1 Å². The summed E-state index contributed by atoms with van der Waals surface area (Å²) < 4.78 is 15.0. The second kappa shape index (κ2) is 3.79. The predicted molar refractivity (Wildman–Crippen MR) is 52.4 cm³/mol. The van der Waals surface area contributed by atoms with E-state index in [1.807, 2.05) is 0 Å². The van der Waals surface area contributed by atoms with Gasteiger partial charge in [0.1, 0.15) is 5.76 Å². The van der Waals surface area contributed by atoms with Crippen molar-refractivity contribution in [3.63, 3.8) is 0 Å². The second-order valence-corrected chi connectivity index (χ2v) is 3.84. The minimum Gasteiger partial charge on any atom is -0.479 e. The molecule has 0 radical (unpaired) electrons. The number of ether oxygens (including phenoxy) is 2. The van der Waals surface area contributed by atoms with Crippen molar-refractivity contribution in [2.75, 3.05) is 14.2 Å². The second-order valence-electron chi connectivity index (χ2n) is 3.84. The van der Waals surface area contributed by atoms with Crippen LogP contribution in [0.2, 0.25) is 0 Å². The van der Waals surface area contributed by atoms with Gasteiger partial charge in [-0.1, -0.05) is 0 Å². The summed E-state index contributed by atoms with van der Waals surface area (Å²) >= 11 is 0. The van der Waals surface area contributed by atoms with Crippen LogP contribution in [0.5, 0.6) is 5.88 Å². The van der Waals surface area contributed by atoms with Crippen LogP contribution >= 0.6 is 0 Å². The first kappa shape index (κ1) is 10.9. The van der Waals surface area contributed by atoms with Crippen LogP contribution in [0.25, 0.3) is 0 Å². The summed E-state index contributed by atoms with van der Waals surface area (Å²) in [5.41, 5.74) is -0.579. The summed E-state index contributed by atoms with van der Waals surface area (Å²) in [6.45, 7) is 0. The number of aromatic nitrogens is 1. The fourth-order valence-electron chi connectivity index (χ4n) is 1.93. The van der Waals surface area contributed by atoms with Crippen LogP contribution in [0.3, 0.4) is 0 Å². The van der Waals surface area contributed by atoms with Crippen molar-refractivity contribution in [3.8, 4) is 5.88 Å². The Balaban J connectivity index is 2.27. The van der Waals surface area contributed by atoms with Gasteiger partial charge in [-0.05, 0) is 18.0 Å². The number of hydrogen-bond donors (Lipinski definition) is 1. The van der Waals surface area contributed by atoms with Crippen LogP contribution in [0.1, 0.15) is 18.6 Å². The molecule has 1 heterocycles. The lowest BCUT2D eigenvalue weighted by Crippen LogP contribution is -2.35. The summed E-state index contributed by atoms with van der Waals surface area (Å²) in [5, 5.41) is 12.7. The van der Waals surface area contributed by atoms with E-state index in [0.29, 0.717) is 11.6 Å². The van der Waals surface area contributed by atoms with E-state index in [9.17, 15) is 4.79 Å². The topological polar surface area (TPSA) is 81.8 Å². The lowest BCUT2D eigenvalue weighted by atomic mass is 9.96. The quantitative estimate of drug-likeness (QED) is 0.801. The Morgan fingerprint density at radius 1 is 1.62 bits per heavy atom. The van der Waals surface area contributed by atoms with Gasteiger partial charge in [0, 0.05) is 13.2 Å². The third kappa shape index (κ3) is 1.55. The number of hydrogen-bond acceptors (Lipinski definition) is 5. The third-order valence-corrected chi connectivity index (χ3v) is 2.94. The first-order valence-electron chi connectivity index (χ1n) is 4.91. The van der Waals surface area contributed by atoms with E-state index in [0.717, 1.165) is 12.8 Å². The number of nitrogens with zero attached hydrogens (tertiary/aromatic N) is 1. The number of aliphatic carboxylic acids is 1. The Labute approximate surface area is 92.1 Å². The smallest absolute Gasteiger partial charge is 0.333 e. The molecule has 2 rings (SSSR count). The van der Waals surface area contributed by atoms with Crippen LogP contribution in [0, 0.1) is 0 Å². The zero-order valence-electron chi connectivity index (χ0n) is 9.10. The lowest BCUT2D eigenvalue weighted by Gasteiger charge is -2.18. The average Bonchev–Trinajstić information content (AvgIpc) is 2.90. The summed E-state index contributed by atoms with van der Waals surface area (Å²) in [4.78, 5) is 11.0. The molecule has 1 fully saturated rings. The Morgan fingerprint density at radius 2 is 2.31 bits per heavy atom. The third-order valence-electron chi connectivity index (χ3n) is 2.94. The standard InChI is InChI=1S/C10H13NO5/c1-14-7-5-6(16-11-7)10(3-4-10)8(15-2)9(12)13/h5,8H,3-4H2,1-2H3,(H,12,13). The molecule has 6 nitrogen and oxygen atoms in total. The van der Waals surface area contributed by atoms with Gasteiger partial charge < -0.3 is 19.1 Å². The van der Waals surface area contributed by atoms with Crippen LogP contribution in [0.15, 0.2) is 10.6 Å². The van der Waals surface area contributed by atoms with Gasteiger partial charge in [-0.2, -0.15) is 0 Å². The number of carboxylic acid groups (broad SMARTS) is 1. The first-order valence-corrected chi connectivity index (χ1v) is 4.91. The highest BCUT2D eigenvalue weighted by Gasteiger charge is 2.57. The monoisotopic (exact) mass is 227 g/mol. The zero-order valence-corrected chi connectivity index (χ0v) is 9.10. The molecular weight excluding hydrogens is 214 g/mol. The molecule has 1 saturated carbocycles. The molecular formula is C10H13NO5. The van der Waals surface area contributed by atoms with Crippen molar-refractivity contribution in [1.82, 2.24) is 5.16 Å². The van der Waals surface area contributed by atoms with Gasteiger partial charge in [0.25, 0.3) is 5.88 Å². The fraction of sp³-hybridized carbons (Fsp3) is 0.600. The molecule has 1 N–H and O–H groups in total. The Morgan fingerprint density at radius 3 is 2.69 bits per heavy atom. The molecule has 0 bridgehead atoms. The van der Waals surface area contributed by atoms with Gasteiger partial charge >= 0.3 is 5.97 Å². The largest absolute Gasteiger partial charge is 0.479 e. The number of carboxylic acids is 1. The van der Waals surface area contributed by atoms with Crippen LogP contribution in [-0.2, 0) is 14.9 Å². The lowest BCUT2D eigenvalue weighted by molar-refractivity contribution is -0.151. The van der Waals surface area contributed by atoms with Gasteiger partial charge in [0.2, 0.25) is 0 Å². The molecule has 6 heteroatoms. The molecule has 0 amide bonds. The normalized spacial score (nSPS) is 19.1. The molecule has 0 spiro atoms. The Bertz CT molecular complexity index is 396. The maximum absolute atomic E-state index is 11.0. The fourth-order valence-corrected chi connectivity index (χ4v) is 1.93. The van der Waals surface area contributed by atoms with Gasteiger partial charge in [-0.25, -0.2) is 4.79 Å². The van der Waals surface area contributed by atoms with Gasteiger partial charge in [-0.15, -0.1) is 0 Å². The molecule has 1 aliphatic rings. The minimum atomic E-state index is -0.990. The van der Waals surface area contributed by atoms with Gasteiger partial charge in [0.15, 0.2) is 6.10 Å². The summed E-state index contributed by atoms with van der Waals surface area (Å²) in [6, 6.07) is 1.61. The van der Waals surface area contributed by atoms with E-state index < -0.39 is 17.5 Å². The maximum Gasteiger partial charge on any atom is 0.333 e. The molecule has 1 unspecified atom stereocenters. The number of carbonyl (C=O) groups is 1.